The van der Waals surface area contributed by atoms with E-state index in [2.05, 4.69) is 4.98 Å². The smallest absolute Gasteiger partial charge is 0.362 e. The van der Waals surface area contributed by atoms with Gasteiger partial charge in [0.05, 0.1) is 0 Å². The van der Waals surface area contributed by atoms with Crippen molar-refractivity contribution in [3.8, 4) is 11.5 Å². The van der Waals surface area contributed by atoms with E-state index in [9.17, 15) is 9.59 Å². The predicted octanol–water partition coefficient (Wildman–Crippen LogP) is 4.83. The molecular weight excluding hydrogens is 377 g/mol. The van der Waals surface area contributed by atoms with Gasteiger partial charge < -0.3 is 9.47 Å². The molecule has 5 nitrogen and oxygen atoms in total. The zero-order valence-electron chi connectivity index (χ0n) is 13.2. The van der Waals surface area contributed by atoms with E-state index in [0.717, 1.165) is 0 Å². The average molecular weight is 388 g/mol. The highest BCUT2D eigenvalue weighted by Crippen LogP contribution is 2.18. The number of esters is 2. The second kappa shape index (κ2) is 7.99. The summed E-state index contributed by atoms with van der Waals surface area (Å²) in [4.78, 5) is 28.4. The molecule has 0 aliphatic heterocycles. The summed E-state index contributed by atoms with van der Waals surface area (Å²) >= 11 is 11.6. The van der Waals surface area contributed by atoms with Crippen molar-refractivity contribution in [3.63, 3.8) is 0 Å². The van der Waals surface area contributed by atoms with Crippen LogP contribution in [0.5, 0.6) is 11.5 Å². The Morgan fingerprint density at radius 1 is 0.654 bits per heavy atom. The number of rotatable bonds is 4. The maximum atomic E-state index is 12.2. The highest BCUT2D eigenvalue weighted by atomic mass is 35.5. The lowest BCUT2D eigenvalue weighted by Gasteiger charge is -2.06. The van der Waals surface area contributed by atoms with E-state index in [1.165, 1.54) is 18.2 Å². The first kappa shape index (κ1) is 17.9. The van der Waals surface area contributed by atoms with Crippen molar-refractivity contribution in [2.75, 3.05) is 0 Å². The first-order valence-electron chi connectivity index (χ1n) is 7.44. The van der Waals surface area contributed by atoms with Crippen LogP contribution >= 0.6 is 23.2 Å². The van der Waals surface area contributed by atoms with Crippen molar-refractivity contribution >= 4 is 35.1 Å². The number of carbonyl (C=O) groups is 2. The fourth-order valence-electron chi connectivity index (χ4n) is 1.99. The number of nitrogens with zero attached hydrogens (tertiary/aromatic N) is 1. The first-order valence-corrected chi connectivity index (χ1v) is 8.19. The van der Waals surface area contributed by atoms with E-state index >= 15 is 0 Å². The Kier molecular flexibility index (Phi) is 5.51. The number of hydrogen-bond donors (Lipinski definition) is 0. The molecule has 0 amide bonds. The monoisotopic (exact) mass is 387 g/mol. The van der Waals surface area contributed by atoms with Gasteiger partial charge >= 0.3 is 11.9 Å². The molecule has 2 aromatic carbocycles. The molecule has 3 aromatic rings. The third-order valence-corrected chi connectivity index (χ3v) is 3.72. The minimum Gasteiger partial charge on any atom is -0.422 e. The molecule has 0 aliphatic carbocycles. The van der Waals surface area contributed by atoms with E-state index in [0.29, 0.717) is 21.5 Å². The molecule has 3 rings (SSSR count). The number of ether oxygens (including phenoxy) is 2. The summed E-state index contributed by atoms with van der Waals surface area (Å²) in [5.41, 5.74) is -0.0454. The molecule has 0 bridgehead atoms. The molecule has 0 saturated carbocycles. The minimum atomic E-state index is -0.700. The summed E-state index contributed by atoms with van der Waals surface area (Å²) in [6, 6.07) is 17.0. The minimum absolute atomic E-state index is 0.0227. The molecule has 0 fully saturated rings. The summed E-state index contributed by atoms with van der Waals surface area (Å²) in [6.07, 6.45) is 0. The van der Waals surface area contributed by atoms with Crippen molar-refractivity contribution in [2.45, 2.75) is 0 Å². The molecule has 1 aromatic heterocycles. The Morgan fingerprint density at radius 2 is 1.04 bits per heavy atom. The Hall–Kier alpha value is -2.89. The zero-order chi connectivity index (χ0) is 18.5. The van der Waals surface area contributed by atoms with E-state index in [1.807, 2.05) is 0 Å². The van der Waals surface area contributed by atoms with E-state index in [4.69, 9.17) is 32.7 Å². The molecule has 0 saturated heterocycles. The molecule has 130 valence electrons. The van der Waals surface area contributed by atoms with Gasteiger partial charge in [0.2, 0.25) is 0 Å². The number of benzene rings is 2. The zero-order valence-corrected chi connectivity index (χ0v) is 14.7. The van der Waals surface area contributed by atoms with Gasteiger partial charge in [-0.3, -0.25) is 0 Å². The molecule has 0 aliphatic rings. The summed E-state index contributed by atoms with van der Waals surface area (Å²) in [5, 5.41) is 1.05. The van der Waals surface area contributed by atoms with Gasteiger partial charge in [0, 0.05) is 10.0 Å². The van der Waals surface area contributed by atoms with Crippen LogP contribution in [0.4, 0.5) is 0 Å². The largest absolute Gasteiger partial charge is 0.422 e. The van der Waals surface area contributed by atoms with E-state index in [1.54, 1.807) is 48.5 Å². The van der Waals surface area contributed by atoms with Crippen molar-refractivity contribution in [1.29, 1.82) is 0 Å². The van der Waals surface area contributed by atoms with Crippen molar-refractivity contribution < 1.29 is 19.1 Å². The summed E-state index contributed by atoms with van der Waals surface area (Å²) in [6.45, 7) is 0. The van der Waals surface area contributed by atoms with Crippen LogP contribution in [0.1, 0.15) is 21.0 Å². The van der Waals surface area contributed by atoms with Gasteiger partial charge in [0.15, 0.2) is 0 Å². The fraction of sp³-hybridized carbons (Fsp3) is 0. The number of halogens is 2. The Morgan fingerprint density at radius 3 is 1.42 bits per heavy atom. The van der Waals surface area contributed by atoms with Gasteiger partial charge in [-0.25, -0.2) is 14.6 Å². The van der Waals surface area contributed by atoms with Crippen LogP contribution in [-0.2, 0) is 0 Å². The standard InChI is InChI=1S/C19H11Cl2NO4/c20-12-4-8-14(9-5-12)25-18(23)16-2-1-3-17(22-16)19(24)26-15-10-6-13(21)7-11-15/h1-11H. The second-order valence-corrected chi connectivity index (χ2v) is 5.97. The molecule has 26 heavy (non-hydrogen) atoms. The quantitative estimate of drug-likeness (QED) is 0.473. The van der Waals surface area contributed by atoms with Gasteiger partial charge in [-0.05, 0) is 60.7 Å². The predicted molar refractivity (Wildman–Crippen MR) is 97.1 cm³/mol. The Balaban J connectivity index is 1.72. The van der Waals surface area contributed by atoms with Crippen molar-refractivity contribution in [2.24, 2.45) is 0 Å². The lowest BCUT2D eigenvalue weighted by atomic mass is 10.3. The normalized spacial score (nSPS) is 10.2. The topological polar surface area (TPSA) is 65.5 Å². The Labute approximate surface area is 159 Å². The van der Waals surface area contributed by atoms with Crippen LogP contribution in [-0.4, -0.2) is 16.9 Å². The maximum Gasteiger partial charge on any atom is 0.362 e. The highest BCUT2D eigenvalue weighted by Gasteiger charge is 2.16. The van der Waals surface area contributed by atoms with Gasteiger partial charge in [0.25, 0.3) is 0 Å². The summed E-state index contributed by atoms with van der Waals surface area (Å²) in [5.74, 6) is -0.771. The van der Waals surface area contributed by atoms with Crippen LogP contribution in [0, 0.1) is 0 Å². The van der Waals surface area contributed by atoms with E-state index in [-0.39, 0.29) is 11.4 Å². The number of aromatic nitrogens is 1. The Bertz CT molecular complexity index is 866. The van der Waals surface area contributed by atoms with Crippen LogP contribution in [0.15, 0.2) is 66.7 Å². The summed E-state index contributed by atoms with van der Waals surface area (Å²) in [7, 11) is 0. The molecule has 0 unspecified atom stereocenters. The van der Waals surface area contributed by atoms with Gasteiger partial charge in [-0.2, -0.15) is 0 Å². The highest BCUT2D eigenvalue weighted by molar-refractivity contribution is 6.30. The number of hydrogen-bond acceptors (Lipinski definition) is 5. The molecule has 0 spiro atoms. The van der Waals surface area contributed by atoms with Gasteiger partial charge in [-0.15, -0.1) is 0 Å². The molecule has 0 radical (unpaired) electrons. The van der Waals surface area contributed by atoms with Gasteiger partial charge in [-0.1, -0.05) is 29.3 Å². The number of pyridine rings is 1. The van der Waals surface area contributed by atoms with Crippen molar-refractivity contribution in [1.82, 2.24) is 4.98 Å². The van der Waals surface area contributed by atoms with Crippen LogP contribution in [0.25, 0.3) is 0 Å². The van der Waals surface area contributed by atoms with Crippen molar-refractivity contribution in [3.05, 3.63) is 88.2 Å². The second-order valence-electron chi connectivity index (χ2n) is 5.09. The molecule has 0 N–H and O–H groups in total. The summed E-state index contributed by atoms with van der Waals surface area (Å²) < 4.78 is 10.4. The van der Waals surface area contributed by atoms with Crippen LogP contribution < -0.4 is 9.47 Å². The molecule has 7 heteroatoms. The lowest BCUT2D eigenvalue weighted by Crippen LogP contribution is -2.15. The first-order chi connectivity index (χ1) is 12.5. The fourth-order valence-corrected chi connectivity index (χ4v) is 2.24. The third kappa shape index (κ3) is 4.59. The number of carbonyl (C=O) groups excluding carboxylic acids is 2. The van der Waals surface area contributed by atoms with Crippen LogP contribution in [0.3, 0.4) is 0 Å². The van der Waals surface area contributed by atoms with Crippen LogP contribution in [0.2, 0.25) is 10.0 Å². The molecule has 1 heterocycles. The SMILES string of the molecule is O=C(Oc1ccc(Cl)cc1)c1cccc(C(=O)Oc2ccc(Cl)cc2)n1. The molecule has 0 atom stereocenters. The van der Waals surface area contributed by atoms with E-state index < -0.39 is 11.9 Å². The molecular formula is C19H11Cl2NO4. The lowest BCUT2D eigenvalue weighted by molar-refractivity contribution is 0.0722. The maximum absolute atomic E-state index is 12.2. The average Bonchev–Trinajstić information content (AvgIpc) is 2.65. The third-order valence-electron chi connectivity index (χ3n) is 3.22. The van der Waals surface area contributed by atoms with Gasteiger partial charge in [0.1, 0.15) is 22.9 Å².